The van der Waals surface area contributed by atoms with Gasteiger partial charge in [-0.3, -0.25) is 0 Å². The summed E-state index contributed by atoms with van der Waals surface area (Å²) in [5.41, 5.74) is 0. The zero-order valence-electron chi connectivity index (χ0n) is 13.0. The van der Waals surface area contributed by atoms with Gasteiger partial charge in [-0.1, -0.05) is 19.8 Å². The molecule has 2 N–H and O–H groups in total. The van der Waals surface area contributed by atoms with E-state index in [0.717, 1.165) is 38.6 Å². The van der Waals surface area contributed by atoms with E-state index >= 15 is 0 Å². The van der Waals surface area contributed by atoms with Crippen LogP contribution in [-0.2, 0) is 0 Å². The number of hydrogen-bond acceptors (Lipinski definition) is 7. The minimum Gasteiger partial charge on any atom is -0.467 e. The van der Waals surface area contributed by atoms with Crippen LogP contribution in [0.15, 0.2) is 0 Å². The highest BCUT2D eigenvalue weighted by atomic mass is 16.5. The molecule has 2 rings (SSSR count). The predicted molar refractivity (Wildman–Crippen MR) is 81.8 cm³/mol. The van der Waals surface area contributed by atoms with E-state index in [1.807, 2.05) is 11.9 Å². The molecule has 2 atom stereocenters. The second-order valence-corrected chi connectivity index (χ2v) is 5.40. The maximum atomic E-state index is 10.2. The Morgan fingerprint density at radius 1 is 1.29 bits per heavy atom. The van der Waals surface area contributed by atoms with Gasteiger partial charge in [-0.15, -0.1) is 0 Å². The number of rotatable bonds is 6. The van der Waals surface area contributed by atoms with Crippen LogP contribution in [0.5, 0.6) is 6.01 Å². The number of aromatic nitrogens is 3. The number of aliphatic hydroxyl groups excluding tert-OH is 1. The summed E-state index contributed by atoms with van der Waals surface area (Å²) < 4.78 is 5.15. The van der Waals surface area contributed by atoms with Crippen molar-refractivity contribution < 1.29 is 9.84 Å². The van der Waals surface area contributed by atoms with Crippen LogP contribution in [0.25, 0.3) is 0 Å². The number of nitrogens with one attached hydrogen (secondary N) is 1. The minimum atomic E-state index is -0.335. The van der Waals surface area contributed by atoms with E-state index in [1.165, 1.54) is 7.11 Å². The Balaban J connectivity index is 2.19. The van der Waals surface area contributed by atoms with Gasteiger partial charge in [0.2, 0.25) is 11.9 Å². The molecule has 21 heavy (non-hydrogen) atoms. The van der Waals surface area contributed by atoms with Crippen LogP contribution >= 0.6 is 0 Å². The van der Waals surface area contributed by atoms with E-state index in [0.29, 0.717) is 11.9 Å². The van der Waals surface area contributed by atoms with Gasteiger partial charge in [0.25, 0.3) is 0 Å². The zero-order valence-corrected chi connectivity index (χ0v) is 13.0. The lowest BCUT2D eigenvalue weighted by Crippen LogP contribution is -2.44. The van der Waals surface area contributed by atoms with Crippen LogP contribution in [0.2, 0.25) is 0 Å². The number of likely N-dealkylation sites (N-methyl/N-ethyl adjacent to an activating group) is 1. The first-order valence-electron chi connectivity index (χ1n) is 7.60. The second-order valence-electron chi connectivity index (χ2n) is 5.40. The standard InChI is InChI=1S/C14H25N5O2/c1-4-9-15-12-16-13(18-14(17-12)21-3)19(2)10-7-5-6-8-11(10)20/h10-11,20H,4-9H2,1-3H3,(H,15,16,17,18). The van der Waals surface area contributed by atoms with Crippen molar-refractivity contribution in [2.45, 2.75) is 51.2 Å². The number of nitrogens with zero attached hydrogens (tertiary/aromatic N) is 4. The minimum absolute atomic E-state index is 0.0462. The highest BCUT2D eigenvalue weighted by Gasteiger charge is 2.28. The molecule has 1 heterocycles. The van der Waals surface area contributed by atoms with Gasteiger partial charge >= 0.3 is 6.01 Å². The molecular weight excluding hydrogens is 270 g/mol. The van der Waals surface area contributed by atoms with Gasteiger partial charge in [0.1, 0.15) is 0 Å². The molecule has 2 unspecified atom stereocenters. The predicted octanol–water partition coefficient (Wildman–Crippen LogP) is 1.44. The lowest BCUT2D eigenvalue weighted by Gasteiger charge is -2.35. The average molecular weight is 295 g/mol. The molecule has 0 amide bonds. The third kappa shape index (κ3) is 3.93. The molecule has 1 fully saturated rings. The second kappa shape index (κ2) is 7.40. The van der Waals surface area contributed by atoms with Gasteiger partial charge in [0.05, 0.1) is 19.3 Å². The van der Waals surface area contributed by atoms with Gasteiger partial charge < -0.3 is 20.1 Å². The Bertz CT molecular complexity index is 457. The third-order valence-electron chi connectivity index (χ3n) is 3.83. The van der Waals surface area contributed by atoms with Crippen LogP contribution in [-0.4, -0.2) is 52.9 Å². The summed E-state index contributed by atoms with van der Waals surface area (Å²) in [6.45, 7) is 2.87. The Labute approximate surface area is 125 Å². The fourth-order valence-electron chi connectivity index (χ4n) is 2.60. The van der Waals surface area contributed by atoms with Crippen molar-refractivity contribution in [3.63, 3.8) is 0 Å². The van der Waals surface area contributed by atoms with E-state index < -0.39 is 0 Å². The Morgan fingerprint density at radius 3 is 2.71 bits per heavy atom. The van der Waals surface area contributed by atoms with Crippen LogP contribution in [0.1, 0.15) is 39.0 Å². The largest absolute Gasteiger partial charge is 0.467 e. The topological polar surface area (TPSA) is 83.4 Å². The molecule has 0 bridgehead atoms. The van der Waals surface area contributed by atoms with Crippen molar-refractivity contribution >= 4 is 11.9 Å². The highest BCUT2D eigenvalue weighted by Crippen LogP contribution is 2.25. The molecular formula is C14H25N5O2. The lowest BCUT2D eigenvalue weighted by atomic mass is 9.92. The lowest BCUT2D eigenvalue weighted by molar-refractivity contribution is 0.105. The summed E-state index contributed by atoms with van der Waals surface area (Å²) in [6, 6.07) is 0.334. The Kier molecular flexibility index (Phi) is 5.55. The van der Waals surface area contributed by atoms with Gasteiger partial charge in [0.15, 0.2) is 0 Å². The van der Waals surface area contributed by atoms with E-state index in [-0.39, 0.29) is 18.2 Å². The van der Waals surface area contributed by atoms with E-state index in [4.69, 9.17) is 4.74 Å². The van der Waals surface area contributed by atoms with Crippen LogP contribution in [0.4, 0.5) is 11.9 Å². The van der Waals surface area contributed by atoms with Crippen LogP contribution in [0.3, 0.4) is 0 Å². The monoisotopic (exact) mass is 295 g/mol. The number of ether oxygens (including phenoxy) is 1. The number of methoxy groups -OCH3 is 1. The summed E-state index contributed by atoms with van der Waals surface area (Å²) >= 11 is 0. The molecule has 1 aromatic rings. The number of anilines is 2. The molecule has 7 nitrogen and oxygen atoms in total. The summed E-state index contributed by atoms with van der Waals surface area (Å²) in [4.78, 5) is 14.9. The molecule has 0 aliphatic heterocycles. The number of aliphatic hydroxyl groups is 1. The van der Waals surface area contributed by atoms with Gasteiger partial charge in [-0.05, 0) is 19.3 Å². The molecule has 0 aromatic carbocycles. The van der Waals surface area contributed by atoms with Crippen molar-refractivity contribution in [1.82, 2.24) is 15.0 Å². The molecule has 7 heteroatoms. The summed E-state index contributed by atoms with van der Waals surface area (Å²) in [5, 5.41) is 13.3. The maximum Gasteiger partial charge on any atom is 0.322 e. The van der Waals surface area contributed by atoms with Crippen molar-refractivity contribution in [2.24, 2.45) is 0 Å². The molecule has 0 spiro atoms. The molecule has 1 aromatic heterocycles. The first kappa shape index (κ1) is 15.8. The molecule has 0 radical (unpaired) electrons. The van der Waals surface area contributed by atoms with E-state index in [9.17, 15) is 5.11 Å². The first-order chi connectivity index (χ1) is 10.2. The van der Waals surface area contributed by atoms with Crippen molar-refractivity contribution in [1.29, 1.82) is 0 Å². The van der Waals surface area contributed by atoms with Crippen molar-refractivity contribution in [3.8, 4) is 6.01 Å². The maximum absolute atomic E-state index is 10.2. The first-order valence-corrected chi connectivity index (χ1v) is 7.60. The Morgan fingerprint density at radius 2 is 2.05 bits per heavy atom. The molecule has 1 aliphatic carbocycles. The SMILES string of the molecule is CCCNc1nc(OC)nc(N(C)C2CCCCC2O)n1. The van der Waals surface area contributed by atoms with Gasteiger partial charge in [-0.25, -0.2) is 0 Å². The number of hydrogen-bond donors (Lipinski definition) is 2. The Hall–Kier alpha value is -1.63. The van der Waals surface area contributed by atoms with Gasteiger partial charge in [-0.2, -0.15) is 15.0 Å². The molecule has 1 saturated carbocycles. The van der Waals surface area contributed by atoms with Crippen molar-refractivity contribution in [2.75, 3.05) is 30.9 Å². The molecule has 1 aliphatic rings. The third-order valence-corrected chi connectivity index (χ3v) is 3.83. The summed E-state index contributed by atoms with van der Waals surface area (Å²) in [7, 11) is 3.45. The van der Waals surface area contributed by atoms with E-state index in [2.05, 4.69) is 27.2 Å². The fraction of sp³-hybridized carbons (Fsp3) is 0.786. The fourth-order valence-corrected chi connectivity index (χ4v) is 2.60. The van der Waals surface area contributed by atoms with E-state index in [1.54, 1.807) is 0 Å². The quantitative estimate of drug-likeness (QED) is 0.821. The van der Waals surface area contributed by atoms with Crippen LogP contribution in [0, 0.1) is 0 Å². The summed E-state index contributed by atoms with van der Waals surface area (Å²) in [5.74, 6) is 1.04. The van der Waals surface area contributed by atoms with Crippen LogP contribution < -0.4 is 15.0 Å². The molecule has 118 valence electrons. The summed E-state index contributed by atoms with van der Waals surface area (Å²) in [6.07, 6.45) is 4.63. The molecule has 0 saturated heterocycles. The van der Waals surface area contributed by atoms with Crippen molar-refractivity contribution in [3.05, 3.63) is 0 Å². The smallest absolute Gasteiger partial charge is 0.322 e. The average Bonchev–Trinajstić information content (AvgIpc) is 2.52. The van der Waals surface area contributed by atoms with Gasteiger partial charge in [0, 0.05) is 13.6 Å². The highest BCUT2D eigenvalue weighted by molar-refractivity contribution is 5.39. The normalized spacial score (nSPS) is 21.9. The zero-order chi connectivity index (χ0) is 15.2.